The van der Waals surface area contributed by atoms with Crippen molar-refractivity contribution in [2.75, 3.05) is 12.4 Å². The Kier molecular flexibility index (Phi) is 5.51. The third kappa shape index (κ3) is 4.94. The molecular weight excluding hydrogens is 319 g/mol. The van der Waals surface area contributed by atoms with E-state index in [0.29, 0.717) is 23.9 Å². The van der Waals surface area contributed by atoms with Crippen LogP contribution in [0.5, 0.6) is 0 Å². The molecule has 0 N–H and O–H groups in total. The van der Waals surface area contributed by atoms with Gasteiger partial charge in [0.2, 0.25) is 5.89 Å². The highest BCUT2D eigenvalue weighted by atomic mass is 32.2. The SMILES string of the molecule is O=[S@](Cc1nc(Cc2ccc(F)cc2)no1)C[C@H]1CCCCO1. The predicted molar refractivity (Wildman–Crippen MR) is 83.8 cm³/mol. The zero-order valence-electron chi connectivity index (χ0n) is 12.7. The maximum Gasteiger partial charge on any atom is 0.239 e. The van der Waals surface area contributed by atoms with Crippen LogP contribution < -0.4 is 0 Å². The van der Waals surface area contributed by atoms with E-state index in [1.54, 1.807) is 12.1 Å². The van der Waals surface area contributed by atoms with Crippen molar-refractivity contribution in [3.63, 3.8) is 0 Å². The highest BCUT2D eigenvalue weighted by molar-refractivity contribution is 7.84. The average Bonchev–Trinajstić information content (AvgIpc) is 2.97. The molecule has 1 saturated heterocycles. The fourth-order valence-corrected chi connectivity index (χ4v) is 3.74. The van der Waals surface area contributed by atoms with Crippen molar-refractivity contribution in [2.45, 2.75) is 37.5 Å². The van der Waals surface area contributed by atoms with Crippen LogP contribution in [0.2, 0.25) is 0 Å². The Morgan fingerprint density at radius 1 is 1.26 bits per heavy atom. The van der Waals surface area contributed by atoms with Crippen molar-refractivity contribution in [2.24, 2.45) is 0 Å². The molecule has 0 aliphatic carbocycles. The van der Waals surface area contributed by atoms with E-state index < -0.39 is 10.8 Å². The van der Waals surface area contributed by atoms with Crippen LogP contribution in [0.3, 0.4) is 0 Å². The molecule has 0 amide bonds. The normalized spacial score (nSPS) is 19.6. The van der Waals surface area contributed by atoms with Crippen LogP contribution in [0.15, 0.2) is 28.8 Å². The molecule has 7 heteroatoms. The first-order chi connectivity index (χ1) is 11.2. The molecule has 124 valence electrons. The van der Waals surface area contributed by atoms with Gasteiger partial charge in [0, 0.05) is 23.8 Å². The van der Waals surface area contributed by atoms with Crippen molar-refractivity contribution in [3.05, 3.63) is 47.4 Å². The fourth-order valence-electron chi connectivity index (χ4n) is 2.55. The molecule has 2 heterocycles. The molecular formula is C16H19FN2O3S. The van der Waals surface area contributed by atoms with Crippen molar-refractivity contribution >= 4 is 10.8 Å². The van der Waals surface area contributed by atoms with E-state index in [-0.39, 0.29) is 17.7 Å². The Balaban J connectivity index is 1.52. The molecule has 1 aliphatic heterocycles. The number of halogens is 1. The minimum atomic E-state index is -1.08. The number of benzene rings is 1. The molecule has 5 nitrogen and oxygen atoms in total. The number of nitrogens with zero attached hydrogens (tertiary/aromatic N) is 2. The van der Waals surface area contributed by atoms with Gasteiger partial charge in [0.05, 0.1) is 11.9 Å². The largest absolute Gasteiger partial charge is 0.377 e. The molecule has 1 aromatic carbocycles. The Labute approximate surface area is 136 Å². The van der Waals surface area contributed by atoms with Crippen molar-refractivity contribution in [3.8, 4) is 0 Å². The van der Waals surface area contributed by atoms with Gasteiger partial charge in [-0.25, -0.2) is 4.39 Å². The van der Waals surface area contributed by atoms with Crippen LogP contribution in [-0.2, 0) is 27.7 Å². The van der Waals surface area contributed by atoms with Crippen molar-refractivity contribution in [1.29, 1.82) is 0 Å². The van der Waals surface area contributed by atoms with Gasteiger partial charge in [-0.15, -0.1) is 0 Å². The summed E-state index contributed by atoms with van der Waals surface area (Å²) >= 11 is 0. The third-order valence-corrected chi connectivity index (χ3v) is 5.03. The maximum atomic E-state index is 12.9. The van der Waals surface area contributed by atoms with Crippen LogP contribution in [0.4, 0.5) is 4.39 Å². The van der Waals surface area contributed by atoms with E-state index in [1.807, 2.05) is 0 Å². The Bertz CT molecular complexity index is 654. The van der Waals surface area contributed by atoms with Gasteiger partial charge in [0.1, 0.15) is 11.6 Å². The summed E-state index contributed by atoms with van der Waals surface area (Å²) in [6.45, 7) is 0.754. The molecule has 1 fully saturated rings. The van der Waals surface area contributed by atoms with Gasteiger partial charge in [-0.2, -0.15) is 4.98 Å². The molecule has 0 saturated carbocycles. The number of rotatable bonds is 6. The summed E-state index contributed by atoms with van der Waals surface area (Å²) < 4.78 is 35.8. The standard InChI is InChI=1S/C16H19FN2O3S/c17-13-6-4-12(5-7-13)9-15-18-16(22-19-15)11-23(20)10-14-3-1-2-8-21-14/h4-7,14H,1-3,8-11H2/t14-,23+/m1/s1. The predicted octanol–water partition coefficient (Wildman–Crippen LogP) is 2.62. The first-order valence-electron chi connectivity index (χ1n) is 7.71. The van der Waals surface area contributed by atoms with Crippen LogP contribution in [-0.4, -0.2) is 32.8 Å². The smallest absolute Gasteiger partial charge is 0.239 e. The van der Waals surface area contributed by atoms with Gasteiger partial charge in [-0.1, -0.05) is 17.3 Å². The van der Waals surface area contributed by atoms with Crippen LogP contribution in [0, 0.1) is 5.82 Å². The lowest BCUT2D eigenvalue weighted by atomic mass is 10.1. The lowest BCUT2D eigenvalue weighted by Crippen LogP contribution is -2.25. The van der Waals surface area contributed by atoms with E-state index in [9.17, 15) is 8.60 Å². The second kappa shape index (κ2) is 7.79. The molecule has 0 bridgehead atoms. The van der Waals surface area contributed by atoms with E-state index in [2.05, 4.69) is 10.1 Å². The molecule has 0 unspecified atom stereocenters. The minimum absolute atomic E-state index is 0.0752. The summed E-state index contributed by atoms with van der Waals surface area (Å²) in [6, 6.07) is 6.17. The van der Waals surface area contributed by atoms with Crippen LogP contribution in [0.25, 0.3) is 0 Å². The molecule has 0 spiro atoms. The van der Waals surface area contributed by atoms with Crippen molar-refractivity contribution in [1.82, 2.24) is 10.1 Å². The van der Waals surface area contributed by atoms with E-state index in [4.69, 9.17) is 9.26 Å². The average molecular weight is 338 g/mol. The van der Waals surface area contributed by atoms with Gasteiger partial charge in [-0.3, -0.25) is 4.21 Å². The van der Waals surface area contributed by atoms with Crippen LogP contribution >= 0.6 is 0 Å². The fraction of sp³-hybridized carbons (Fsp3) is 0.500. The van der Waals surface area contributed by atoms with Gasteiger partial charge >= 0.3 is 0 Å². The number of ether oxygens (including phenoxy) is 1. The van der Waals surface area contributed by atoms with Crippen LogP contribution in [0.1, 0.15) is 36.5 Å². The molecule has 3 rings (SSSR count). The summed E-state index contributed by atoms with van der Waals surface area (Å²) in [7, 11) is -1.08. The van der Waals surface area contributed by atoms with Gasteiger partial charge < -0.3 is 9.26 Å². The second-order valence-corrected chi connectivity index (χ2v) is 7.15. The van der Waals surface area contributed by atoms with Gasteiger partial charge in [0.25, 0.3) is 0 Å². The summed E-state index contributed by atoms with van der Waals surface area (Å²) in [5.74, 6) is 1.36. The van der Waals surface area contributed by atoms with Gasteiger partial charge in [0.15, 0.2) is 5.82 Å². The van der Waals surface area contributed by atoms with Crippen molar-refractivity contribution < 1.29 is 17.9 Å². The maximum absolute atomic E-state index is 12.9. The quantitative estimate of drug-likeness (QED) is 0.810. The highest BCUT2D eigenvalue weighted by Crippen LogP contribution is 2.15. The molecule has 1 aliphatic rings. The zero-order valence-corrected chi connectivity index (χ0v) is 13.6. The molecule has 0 radical (unpaired) electrons. The van der Waals surface area contributed by atoms with E-state index >= 15 is 0 Å². The molecule has 2 atom stereocenters. The molecule has 2 aromatic rings. The molecule has 23 heavy (non-hydrogen) atoms. The zero-order chi connectivity index (χ0) is 16.1. The third-order valence-electron chi connectivity index (χ3n) is 3.72. The van der Waals surface area contributed by atoms with E-state index in [0.717, 1.165) is 31.4 Å². The first-order valence-corrected chi connectivity index (χ1v) is 9.20. The number of hydrogen-bond donors (Lipinski definition) is 0. The lowest BCUT2D eigenvalue weighted by Gasteiger charge is -2.21. The number of aromatic nitrogens is 2. The Hall–Kier alpha value is -1.60. The summed E-state index contributed by atoms with van der Waals surface area (Å²) in [6.07, 6.45) is 3.71. The number of hydrogen-bond acceptors (Lipinski definition) is 5. The second-order valence-electron chi connectivity index (χ2n) is 5.65. The topological polar surface area (TPSA) is 65.2 Å². The summed E-state index contributed by atoms with van der Waals surface area (Å²) in [5.41, 5.74) is 0.899. The minimum Gasteiger partial charge on any atom is -0.377 e. The summed E-state index contributed by atoms with van der Waals surface area (Å²) in [4.78, 5) is 4.26. The lowest BCUT2D eigenvalue weighted by molar-refractivity contribution is 0.0310. The highest BCUT2D eigenvalue weighted by Gasteiger charge is 2.18. The van der Waals surface area contributed by atoms with E-state index in [1.165, 1.54) is 12.1 Å². The Morgan fingerprint density at radius 3 is 2.83 bits per heavy atom. The Morgan fingerprint density at radius 2 is 2.09 bits per heavy atom. The molecule has 1 aromatic heterocycles. The monoisotopic (exact) mass is 338 g/mol. The first kappa shape index (κ1) is 16.3. The summed E-state index contributed by atoms with van der Waals surface area (Å²) in [5, 5.41) is 3.89. The van der Waals surface area contributed by atoms with Gasteiger partial charge in [-0.05, 0) is 37.0 Å².